The van der Waals surface area contributed by atoms with E-state index in [9.17, 15) is 9.59 Å². The van der Waals surface area contributed by atoms with Gasteiger partial charge in [0.1, 0.15) is 6.54 Å². The van der Waals surface area contributed by atoms with E-state index < -0.39 is 5.41 Å². The van der Waals surface area contributed by atoms with Crippen LogP contribution in [0.2, 0.25) is 0 Å². The number of nitriles is 1. The zero-order valence-electron chi connectivity index (χ0n) is 7.39. The molecule has 1 atom stereocenters. The number of nitrogens with one attached hydrogen (secondary N) is 2. The van der Waals surface area contributed by atoms with Gasteiger partial charge in [0.05, 0.1) is 11.5 Å². The van der Waals surface area contributed by atoms with Crippen molar-refractivity contribution in [2.45, 2.75) is 13.3 Å². The fourth-order valence-electron chi connectivity index (χ4n) is 1.27. The zero-order valence-corrected chi connectivity index (χ0v) is 7.39. The van der Waals surface area contributed by atoms with Crippen molar-refractivity contribution in [2.24, 2.45) is 5.41 Å². The quantitative estimate of drug-likeness (QED) is 0.544. The molecule has 1 heterocycles. The van der Waals surface area contributed by atoms with E-state index in [2.05, 4.69) is 10.6 Å². The minimum atomic E-state index is -0.687. The molecule has 0 spiro atoms. The molecule has 1 unspecified atom stereocenters. The fourth-order valence-corrected chi connectivity index (χ4v) is 1.27. The molecule has 5 nitrogen and oxygen atoms in total. The molecule has 2 N–H and O–H groups in total. The highest BCUT2D eigenvalue weighted by molar-refractivity contribution is 5.92. The van der Waals surface area contributed by atoms with Crippen LogP contribution < -0.4 is 10.6 Å². The highest BCUT2D eigenvalue weighted by atomic mass is 16.2. The number of carbonyl (C=O) groups excluding carboxylic acids is 2. The standard InChI is InChI=1S/C8H11N3O2/c1-8(4-6(12)11-5-8)7(13)10-3-2-9/h3-5H2,1H3,(H,10,13)(H,11,12). The molecule has 2 amide bonds. The molecule has 1 rings (SSSR count). The maximum atomic E-state index is 11.4. The third kappa shape index (κ3) is 1.96. The Balaban J connectivity index is 2.56. The molecule has 13 heavy (non-hydrogen) atoms. The van der Waals surface area contributed by atoms with Gasteiger partial charge in [0, 0.05) is 13.0 Å². The van der Waals surface area contributed by atoms with Crippen molar-refractivity contribution in [3.05, 3.63) is 0 Å². The Bertz CT molecular complexity index is 282. The Morgan fingerprint density at radius 3 is 3.00 bits per heavy atom. The molecular weight excluding hydrogens is 170 g/mol. The van der Waals surface area contributed by atoms with Gasteiger partial charge in [-0.15, -0.1) is 0 Å². The van der Waals surface area contributed by atoms with Crippen LogP contribution in [0.15, 0.2) is 0 Å². The number of nitrogens with zero attached hydrogens (tertiary/aromatic N) is 1. The average molecular weight is 181 g/mol. The number of rotatable bonds is 2. The van der Waals surface area contributed by atoms with E-state index in [0.717, 1.165) is 0 Å². The van der Waals surface area contributed by atoms with Crippen LogP contribution in [0.3, 0.4) is 0 Å². The Morgan fingerprint density at radius 2 is 2.54 bits per heavy atom. The summed E-state index contributed by atoms with van der Waals surface area (Å²) in [5.74, 6) is -0.359. The van der Waals surface area contributed by atoms with E-state index in [1.807, 2.05) is 6.07 Å². The number of amides is 2. The molecule has 1 aliphatic heterocycles. The second-order valence-electron chi connectivity index (χ2n) is 3.35. The summed E-state index contributed by atoms with van der Waals surface area (Å²) in [6.45, 7) is 2.04. The van der Waals surface area contributed by atoms with Crippen LogP contribution in [0.5, 0.6) is 0 Å². The van der Waals surface area contributed by atoms with Gasteiger partial charge in [-0.2, -0.15) is 5.26 Å². The molecule has 1 fully saturated rings. The lowest BCUT2D eigenvalue weighted by molar-refractivity contribution is -0.130. The van der Waals surface area contributed by atoms with Crippen molar-refractivity contribution in [1.82, 2.24) is 10.6 Å². The van der Waals surface area contributed by atoms with Gasteiger partial charge in [0.2, 0.25) is 11.8 Å². The SMILES string of the molecule is CC1(C(=O)NCC#N)CNC(=O)C1. The van der Waals surface area contributed by atoms with Crippen molar-refractivity contribution in [3.8, 4) is 6.07 Å². The lowest BCUT2D eigenvalue weighted by atomic mass is 9.88. The normalized spacial score (nSPS) is 26.3. The monoisotopic (exact) mass is 181 g/mol. The zero-order chi connectivity index (χ0) is 9.90. The van der Waals surface area contributed by atoms with Crippen LogP contribution in [0, 0.1) is 16.7 Å². The highest BCUT2D eigenvalue weighted by Gasteiger charge is 2.40. The van der Waals surface area contributed by atoms with Crippen LogP contribution in [0.25, 0.3) is 0 Å². The van der Waals surface area contributed by atoms with Crippen molar-refractivity contribution in [1.29, 1.82) is 5.26 Å². The molecule has 0 radical (unpaired) electrons. The summed E-state index contributed by atoms with van der Waals surface area (Å²) in [4.78, 5) is 22.3. The lowest BCUT2D eigenvalue weighted by Gasteiger charge is -2.18. The summed E-state index contributed by atoms with van der Waals surface area (Å²) in [5, 5.41) is 13.3. The van der Waals surface area contributed by atoms with Gasteiger partial charge in [-0.1, -0.05) is 0 Å². The van der Waals surface area contributed by atoms with Crippen LogP contribution >= 0.6 is 0 Å². The van der Waals surface area contributed by atoms with Crippen LogP contribution in [-0.4, -0.2) is 24.9 Å². The van der Waals surface area contributed by atoms with Crippen molar-refractivity contribution >= 4 is 11.8 Å². The fraction of sp³-hybridized carbons (Fsp3) is 0.625. The predicted octanol–water partition coefficient (Wildman–Crippen LogP) is -0.848. The molecule has 1 saturated heterocycles. The molecule has 0 bridgehead atoms. The van der Waals surface area contributed by atoms with E-state index in [1.54, 1.807) is 6.92 Å². The molecule has 0 aliphatic carbocycles. The van der Waals surface area contributed by atoms with Crippen molar-refractivity contribution in [3.63, 3.8) is 0 Å². The highest BCUT2D eigenvalue weighted by Crippen LogP contribution is 2.24. The summed E-state index contributed by atoms with van der Waals surface area (Å²) in [6.07, 6.45) is 0.199. The number of hydrogen-bond acceptors (Lipinski definition) is 3. The largest absolute Gasteiger partial charge is 0.355 e. The van der Waals surface area contributed by atoms with Gasteiger partial charge in [0.25, 0.3) is 0 Å². The van der Waals surface area contributed by atoms with Crippen molar-refractivity contribution in [2.75, 3.05) is 13.1 Å². The first kappa shape index (κ1) is 9.52. The third-order valence-electron chi connectivity index (χ3n) is 2.10. The molecule has 0 saturated carbocycles. The van der Waals surface area contributed by atoms with Crippen LogP contribution in [-0.2, 0) is 9.59 Å². The van der Waals surface area contributed by atoms with E-state index in [1.165, 1.54) is 0 Å². The van der Waals surface area contributed by atoms with Crippen LogP contribution in [0.1, 0.15) is 13.3 Å². The number of hydrogen-bond donors (Lipinski definition) is 2. The molecule has 0 aromatic carbocycles. The first-order valence-electron chi connectivity index (χ1n) is 4.00. The lowest BCUT2D eigenvalue weighted by Crippen LogP contribution is -2.40. The van der Waals surface area contributed by atoms with Gasteiger partial charge in [-0.05, 0) is 6.92 Å². The summed E-state index contributed by atoms with van der Waals surface area (Å²) < 4.78 is 0. The summed E-state index contributed by atoms with van der Waals surface area (Å²) in [5.41, 5.74) is -0.687. The molecule has 5 heteroatoms. The minimum Gasteiger partial charge on any atom is -0.355 e. The molecule has 0 aromatic heterocycles. The Morgan fingerprint density at radius 1 is 1.85 bits per heavy atom. The Kier molecular flexibility index (Phi) is 2.52. The maximum Gasteiger partial charge on any atom is 0.229 e. The van der Waals surface area contributed by atoms with Gasteiger partial charge in [-0.3, -0.25) is 9.59 Å². The molecule has 1 aliphatic rings. The van der Waals surface area contributed by atoms with E-state index in [4.69, 9.17) is 5.26 Å². The smallest absolute Gasteiger partial charge is 0.229 e. The topological polar surface area (TPSA) is 82.0 Å². The molecule has 70 valence electrons. The minimum absolute atomic E-state index is 0.0113. The predicted molar refractivity (Wildman–Crippen MR) is 44.4 cm³/mol. The van der Waals surface area contributed by atoms with Gasteiger partial charge < -0.3 is 10.6 Å². The second kappa shape index (κ2) is 3.44. The summed E-state index contributed by atoms with van der Waals surface area (Å²) in [7, 11) is 0. The van der Waals surface area contributed by atoms with Crippen LogP contribution in [0.4, 0.5) is 0 Å². The maximum absolute atomic E-state index is 11.4. The van der Waals surface area contributed by atoms with E-state index in [-0.39, 0.29) is 24.8 Å². The molecular formula is C8H11N3O2. The average Bonchev–Trinajstić information content (AvgIpc) is 2.43. The Labute approximate surface area is 76.1 Å². The first-order valence-corrected chi connectivity index (χ1v) is 4.00. The van der Waals surface area contributed by atoms with Gasteiger partial charge in [-0.25, -0.2) is 0 Å². The second-order valence-corrected chi connectivity index (χ2v) is 3.35. The first-order chi connectivity index (χ1) is 6.08. The van der Waals surface area contributed by atoms with E-state index in [0.29, 0.717) is 6.54 Å². The third-order valence-corrected chi connectivity index (χ3v) is 2.10. The summed E-state index contributed by atoms with van der Waals surface area (Å²) >= 11 is 0. The van der Waals surface area contributed by atoms with Gasteiger partial charge in [0.15, 0.2) is 0 Å². The molecule has 0 aromatic rings. The van der Waals surface area contributed by atoms with Gasteiger partial charge >= 0.3 is 0 Å². The summed E-state index contributed by atoms with van der Waals surface area (Å²) in [6, 6.07) is 1.81. The van der Waals surface area contributed by atoms with E-state index >= 15 is 0 Å². The Hall–Kier alpha value is -1.57. The number of carbonyl (C=O) groups is 2. The van der Waals surface area contributed by atoms with Crippen molar-refractivity contribution < 1.29 is 9.59 Å².